The molecule has 1 aromatic rings. The Bertz CT molecular complexity index is 1150. The number of benzene rings is 1. The first-order chi connectivity index (χ1) is 16.5. The van der Waals surface area contributed by atoms with Gasteiger partial charge in [-0.2, -0.15) is 0 Å². The van der Waals surface area contributed by atoms with E-state index in [-0.39, 0.29) is 17.3 Å². The third-order valence-electron chi connectivity index (χ3n) is 6.66. The molecule has 1 aliphatic carbocycles. The SMILES string of the molecule is C=C(CCC1(CCC)Cc2ccccc2[C@H]1NC(=O)OC(C)(C)C)C1=C(C)C=C=C(C=N)C(N)=N1. The lowest BCUT2D eigenvalue weighted by Gasteiger charge is -2.37. The lowest BCUT2D eigenvalue weighted by Crippen LogP contribution is -2.41. The van der Waals surface area contributed by atoms with Gasteiger partial charge in [0.2, 0.25) is 0 Å². The van der Waals surface area contributed by atoms with Gasteiger partial charge in [0.25, 0.3) is 0 Å². The number of amides is 1. The van der Waals surface area contributed by atoms with E-state index >= 15 is 0 Å². The summed E-state index contributed by atoms with van der Waals surface area (Å²) in [6.07, 6.45) is 6.94. The van der Waals surface area contributed by atoms with E-state index in [1.165, 1.54) is 5.56 Å². The van der Waals surface area contributed by atoms with Crippen molar-refractivity contribution in [1.29, 1.82) is 5.41 Å². The Hall–Kier alpha value is -3.37. The third-order valence-corrected chi connectivity index (χ3v) is 6.66. The minimum Gasteiger partial charge on any atom is -0.444 e. The standard InChI is InChI=1S/C29H38N4O2/c1-7-15-29(16-14-20(3)24-19(2)12-13-22(18-30)26(31)32-24)17-21-10-8-9-11-23(21)25(29)33-27(34)35-28(4,5)6/h8-12,18,25,30H,3,7,14-17H2,1-2,4-6H3,(H2,31,32)(H,33,34)/t25-,29?/m1/s1. The number of nitrogens with two attached hydrogens (primary N) is 1. The molecule has 0 aromatic heterocycles. The highest BCUT2D eigenvalue weighted by atomic mass is 16.6. The summed E-state index contributed by atoms with van der Waals surface area (Å²) in [5.74, 6) is 0.269. The van der Waals surface area contributed by atoms with Crippen molar-refractivity contribution < 1.29 is 9.53 Å². The Labute approximate surface area is 209 Å². The van der Waals surface area contributed by atoms with Gasteiger partial charge in [0.1, 0.15) is 11.4 Å². The predicted molar refractivity (Wildman–Crippen MR) is 143 cm³/mol. The van der Waals surface area contributed by atoms with Gasteiger partial charge < -0.3 is 21.2 Å². The normalized spacial score (nSPS) is 21.6. The molecule has 1 amide bonds. The molecule has 0 fully saturated rings. The molecule has 1 heterocycles. The van der Waals surface area contributed by atoms with E-state index in [1.807, 2.05) is 39.8 Å². The van der Waals surface area contributed by atoms with Crippen molar-refractivity contribution in [2.75, 3.05) is 0 Å². The number of alkyl carbamates (subject to hydrolysis) is 1. The number of rotatable bonds is 8. The van der Waals surface area contributed by atoms with Crippen LogP contribution in [0.2, 0.25) is 0 Å². The van der Waals surface area contributed by atoms with Crippen LogP contribution < -0.4 is 11.1 Å². The summed E-state index contributed by atoms with van der Waals surface area (Å²) in [6, 6.07) is 8.21. The van der Waals surface area contributed by atoms with Crippen molar-refractivity contribution in [2.45, 2.75) is 78.4 Å². The fraction of sp³-hybridized carbons (Fsp3) is 0.448. The Morgan fingerprint density at radius 1 is 1.37 bits per heavy atom. The predicted octanol–water partition coefficient (Wildman–Crippen LogP) is 6.31. The van der Waals surface area contributed by atoms with Crippen molar-refractivity contribution in [2.24, 2.45) is 16.1 Å². The molecule has 0 saturated carbocycles. The van der Waals surface area contributed by atoms with Gasteiger partial charge in [0, 0.05) is 6.21 Å². The average Bonchev–Trinajstić information content (AvgIpc) is 2.99. The van der Waals surface area contributed by atoms with E-state index in [9.17, 15) is 4.79 Å². The molecular weight excluding hydrogens is 436 g/mol. The van der Waals surface area contributed by atoms with Crippen LogP contribution in [0.3, 0.4) is 0 Å². The van der Waals surface area contributed by atoms with Crippen LogP contribution >= 0.6 is 0 Å². The minimum absolute atomic E-state index is 0.148. The average molecular weight is 475 g/mol. The van der Waals surface area contributed by atoms with Gasteiger partial charge in [0.15, 0.2) is 0 Å². The van der Waals surface area contributed by atoms with Crippen LogP contribution in [-0.2, 0) is 11.2 Å². The fourth-order valence-electron chi connectivity index (χ4n) is 5.12. The molecule has 3 rings (SSSR count). The zero-order chi connectivity index (χ0) is 25.8. The highest BCUT2D eigenvalue weighted by Gasteiger charge is 2.46. The van der Waals surface area contributed by atoms with Crippen LogP contribution in [-0.4, -0.2) is 23.7 Å². The molecule has 1 unspecified atom stereocenters. The van der Waals surface area contributed by atoms with Gasteiger partial charge in [-0.3, -0.25) is 0 Å². The molecule has 1 aromatic carbocycles. The molecule has 6 heteroatoms. The maximum atomic E-state index is 12.9. The number of fused-ring (bicyclic) bond motifs is 1. The number of hydrogen-bond donors (Lipinski definition) is 3. The topological polar surface area (TPSA) is 101 Å². The Kier molecular flexibility index (Phi) is 7.86. The molecule has 0 spiro atoms. The van der Waals surface area contributed by atoms with Crippen LogP contribution in [0.1, 0.15) is 77.5 Å². The maximum Gasteiger partial charge on any atom is 0.408 e. The summed E-state index contributed by atoms with van der Waals surface area (Å²) in [6.45, 7) is 14.1. The summed E-state index contributed by atoms with van der Waals surface area (Å²) in [5.41, 5.74) is 13.8. The van der Waals surface area contributed by atoms with Crippen molar-refractivity contribution in [3.63, 3.8) is 0 Å². The van der Waals surface area contributed by atoms with Gasteiger partial charge >= 0.3 is 6.09 Å². The van der Waals surface area contributed by atoms with Crippen LogP contribution in [0.15, 0.2) is 70.1 Å². The van der Waals surface area contributed by atoms with Crippen LogP contribution in [0, 0.1) is 10.8 Å². The molecule has 6 nitrogen and oxygen atoms in total. The molecule has 2 atom stereocenters. The number of nitrogens with zero attached hydrogens (tertiary/aromatic N) is 1. The van der Waals surface area contributed by atoms with Gasteiger partial charge in [0.05, 0.1) is 17.3 Å². The first-order valence-electron chi connectivity index (χ1n) is 12.3. The van der Waals surface area contributed by atoms with Gasteiger partial charge in [-0.05, 0) is 87.1 Å². The number of carbonyl (C=O) groups excluding carboxylic acids is 1. The van der Waals surface area contributed by atoms with Crippen molar-refractivity contribution in [3.8, 4) is 0 Å². The highest BCUT2D eigenvalue weighted by molar-refractivity contribution is 6.14. The highest BCUT2D eigenvalue weighted by Crippen LogP contribution is 2.52. The van der Waals surface area contributed by atoms with Crippen molar-refractivity contribution in [3.05, 3.63) is 76.2 Å². The summed E-state index contributed by atoms with van der Waals surface area (Å²) in [4.78, 5) is 17.4. The molecule has 35 heavy (non-hydrogen) atoms. The Morgan fingerprint density at radius 3 is 2.74 bits per heavy atom. The lowest BCUT2D eigenvalue weighted by molar-refractivity contribution is 0.0434. The molecular formula is C29H38N4O2. The first-order valence-corrected chi connectivity index (χ1v) is 12.3. The summed E-state index contributed by atoms with van der Waals surface area (Å²) >= 11 is 0. The lowest BCUT2D eigenvalue weighted by atomic mass is 9.72. The van der Waals surface area contributed by atoms with Gasteiger partial charge in [-0.25, -0.2) is 9.79 Å². The number of nitrogens with one attached hydrogen (secondary N) is 2. The zero-order valence-electron chi connectivity index (χ0n) is 21.6. The third kappa shape index (κ3) is 6.01. The second-order valence-corrected chi connectivity index (χ2v) is 10.5. The van der Waals surface area contributed by atoms with Crippen LogP contribution in [0.4, 0.5) is 4.79 Å². The van der Waals surface area contributed by atoms with E-state index in [1.54, 1.807) is 0 Å². The second kappa shape index (κ2) is 10.5. The maximum absolute atomic E-state index is 12.9. The van der Waals surface area contributed by atoms with E-state index in [4.69, 9.17) is 15.9 Å². The number of carbonyl (C=O) groups is 1. The molecule has 1 aliphatic heterocycles. The van der Waals surface area contributed by atoms with E-state index in [0.29, 0.717) is 12.0 Å². The molecule has 186 valence electrons. The monoisotopic (exact) mass is 474 g/mol. The van der Waals surface area contributed by atoms with E-state index in [0.717, 1.165) is 54.3 Å². The van der Waals surface area contributed by atoms with E-state index in [2.05, 4.69) is 47.7 Å². The molecule has 0 bridgehead atoms. The fourth-order valence-corrected chi connectivity index (χ4v) is 5.12. The van der Waals surface area contributed by atoms with Crippen LogP contribution in [0.25, 0.3) is 0 Å². The number of amidine groups is 1. The number of hydrogen-bond acceptors (Lipinski definition) is 5. The minimum atomic E-state index is -0.567. The second-order valence-electron chi connectivity index (χ2n) is 10.5. The number of allylic oxidation sites excluding steroid dienone is 2. The molecule has 0 radical (unpaired) electrons. The quantitative estimate of drug-likeness (QED) is 0.304. The van der Waals surface area contributed by atoms with Crippen molar-refractivity contribution >= 4 is 18.1 Å². The van der Waals surface area contributed by atoms with Crippen molar-refractivity contribution in [1.82, 2.24) is 5.32 Å². The first kappa shape index (κ1) is 26.2. The molecule has 4 N–H and O–H groups in total. The van der Waals surface area contributed by atoms with Gasteiger partial charge in [-0.1, -0.05) is 44.2 Å². The largest absolute Gasteiger partial charge is 0.444 e. The molecule has 0 saturated heterocycles. The number of aliphatic imine (C=N–C) groups is 1. The summed E-state index contributed by atoms with van der Waals surface area (Å²) in [7, 11) is 0. The number of ether oxygens (including phenoxy) is 1. The van der Waals surface area contributed by atoms with Gasteiger partial charge in [-0.15, -0.1) is 5.73 Å². The van der Waals surface area contributed by atoms with Crippen LogP contribution in [0.5, 0.6) is 0 Å². The van der Waals surface area contributed by atoms with E-state index < -0.39 is 11.7 Å². The zero-order valence-corrected chi connectivity index (χ0v) is 21.6. The Morgan fingerprint density at radius 2 is 2.09 bits per heavy atom. The summed E-state index contributed by atoms with van der Waals surface area (Å²) < 4.78 is 5.63. The summed E-state index contributed by atoms with van der Waals surface area (Å²) in [5, 5.41) is 10.8. The smallest absolute Gasteiger partial charge is 0.408 e. The Balaban J connectivity index is 1.89. The molecule has 2 aliphatic rings.